The van der Waals surface area contributed by atoms with Crippen LogP contribution in [0.2, 0.25) is 0 Å². The van der Waals surface area contributed by atoms with E-state index in [1.54, 1.807) is 11.7 Å². The van der Waals surface area contributed by atoms with E-state index >= 15 is 0 Å². The van der Waals surface area contributed by atoms with E-state index in [0.29, 0.717) is 6.54 Å². The monoisotopic (exact) mass is 483 g/mol. The van der Waals surface area contributed by atoms with Crippen molar-refractivity contribution in [3.05, 3.63) is 42.2 Å². The summed E-state index contributed by atoms with van der Waals surface area (Å²) in [5.74, 6) is -0.493. The predicted octanol–water partition coefficient (Wildman–Crippen LogP) is 0.895. The number of β-amino-alcohol motifs (C(OH)–C–C–N with tert-alkyl or cyclic N) is 1. The van der Waals surface area contributed by atoms with Gasteiger partial charge >= 0.3 is 0 Å². The summed E-state index contributed by atoms with van der Waals surface area (Å²) in [6.45, 7) is 10.4. The van der Waals surface area contributed by atoms with Gasteiger partial charge < -0.3 is 20.2 Å². The molecule has 3 atom stereocenters. The second-order valence-corrected chi connectivity index (χ2v) is 10.6. The summed E-state index contributed by atoms with van der Waals surface area (Å²) in [5, 5.41) is 21.5. The number of amides is 2. The van der Waals surface area contributed by atoms with E-state index < -0.39 is 23.6 Å². The van der Waals surface area contributed by atoms with E-state index in [4.69, 9.17) is 0 Å². The molecule has 0 radical (unpaired) electrons. The average molecular weight is 484 g/mol. The largest absolute Gasteiger partial charge is 0.391 e. The van der Waals surface area contributed by atoms with Crippen LogP contribution >= 0.6 is 0 Å². The molecule has 2 N–H and O–H groups in total. The van der Waals surface area contributed by atoms with E-state index in [0.717, 1.165) is 31.9 Å². The van der Waals surface area contributed by atoms with Crippen LogP contribution in [0.5, 0.6) is 0 Å². The van der Waals surface area contributed by atoms with Gasteiger partial charge in [0.25, 0.3) is 0 Å². The van der Waals surface area contributed by atoms with E-state index in [1.807, 2.05) is 33.0 Å². The van der Waals surface area contributed by atoms with Gasteiger partial charge in [0.15, 0.2) is 0 Å². The highest BCUT2D eigenvalue weighted by Crippen LogP contribution is 2.34. The van der Waals surface area contributed by atoms with E-state index in [9.17, 15) is 14.7 Å². The van der Waals surface area contributed by atoms with Crippen LogP contribution in [0.1, 0.15) is 38.9 Å². The molecule has 4 rings (SSSR count). The number of benzene rings is 1. The van der Waals surface area contributed by atoms with Gasteiger partial charge in [-0.1, -0.05) is 44.2 Å². The summed E-state index contributed by atoms with van der Waals surface area (Å²) in [4.78, 5) is 32.3. The Balaban J connectivity index is 1.44. The minimum atomic E-state index is -0.720. The van der Waals surface area contributed by atoms with E-state index in [2.05, 4.69) is 49.7 Å². The Morgan fingerprint density at radius 3 is 2.46 bits per heavy atom. The highest BCUT2D eigenvalue weighted by Gasteiger charge is 2.45. The highest BCUT2D eigenvalue weighted by atomic mass is 16.3. The van der Waals surface area contributed by atoms with Crippen LogP contribution < -0.4 is 10.2 Å². The molecule has 10 nitrogen and oxygen atoms in total. The van der Waals surface area contributed by atoms with Gasteiger partial charge in [-0.2, -0.15) is 0 Å². The number of aliphatic hydroxyl groups excluding tert-OH is 1. The van der Waals surface area contributed by atoms with Crippen molar-refractivity contribution >= 4 is 17.5 Å². The molecule has 2 aliphatic heterocycles. The number of aliphatic hydroxyl groups is 1. The predicted molar refractivity (Wildman–Crippen MR) is 133 cm³/mol. The van der Waals surface area contributed by atoms with Gasteiger partial charge in [-0.25, -0.2) is 4.68 Å². The third kappa shape index (κ3) is 5.65. The summed E-state index contributed by atoms with van der Waals surface area (Å²) >= 11 is 0. The lowest BCUT2D eigenvalue weighted by atomic mass is 9.85. The van der Waals surface area contributed by atoms with Gasteiger partial charge in [-0.05, 0) is 17.5 Å². The average Bonchev–Trinajstić information content (AvgIpc) is 3.45. The Morgan fingerprint density at radius 2 is 1.83 bits per heavy atom. The number of hydrogen-bond donors (Lipinski definition) is 2. The summed E-state index contributed by atoms with van der Waals surface area (Å²) in [5.41, 5.74) is 1.58. The molecule has 35 heavy (non-hydrogen) atoms. The number of nitrogens with one attached hydrogen (secondary N) is 1. The lowest BCUT2D eigenvalue weighted by Crippen LogP contribution is -2.49. The van der Waals surface area contributed by atoms with Gasteiger partial charge in [-0.15, -0.1) is 5.10 Å². The second kappa shape index (κ2) is 10.3. The number of likely N-dealkylation sites (tertiary alicyclic amines) is 1. The zero-order chi connectivity index (χ0) is 25.2. The number of carbonyl (C=O) groups excluding carboxylic acids is 2. The van der Waals surface area contributed by atoms with Crippen LogP contribution in [0, 0.1) is 5.41 Å². The Kier molecular flexibility index (Phi) is 7.42. The Hall–Kier alpha value is -2.98. The maximum atomic E-state index is 13.7. The van der Waals surface area contributed by atoms with Crippen LogP contribution in [-0.2, 0) is 16.1 Å². The highest BCUT2D eigenvalue weighted by molar-refractivity contribution is 5.90. The number of hydrogen-bond acceptors (Lipinski definition) is 7. The molecule has 2 unspecified atom stereocenters. The SMILES string of the molecule is CNC(=O)C1CC(O)CN1C(=O)[C@@H](n1cc(CN2CCN(c3ccccc3)CC2)nn1)C(C)(C)C. The van der Waals surface area contributed by atoms with Crippen molar-refractivity contribution in [2.75, 3.05) is 44.7 Å². The molecule has 0 aliphatic carbocycles. The molecule has 190 valence electrons. The van der Waals surface area contributed by atoms with Gasteiger partial charge in [0.1, 0.15) is 12.1 Å². The third-order valence-electron chi connectivity index (χ3n) is 6.87. The summed E-state index contributed by atoms with van der Waals surface area (Å²) in [7, 11) is 1.54. The van der Waals surface area contributed by atoms with Gasteiger partial charge in [0, 0.05) is 58.4 Å². The first-order valence-electron chi connectivity index (χ1n) is 12.3. The smallest absolute Gasteiger partial charge is 0.248 e. The Morgan fingerprint density at radius 1 is 1.14 bits per heavy atom. The summed E-state index contributed by atoms with van der Waals surface area (Å²) < 4.78 is 1.63. The number of nitrogens with zero attached hydrogens (tertiary/aromatic N) is 6. The first-order valence-corrected chi connectivity index (χ1v) is 12.3. The van der Waals surface area contributed by atoms with E-state index in [1.165, 1.54) is 10.6 Å². The van der Waals surface area contributed by atoms with Crippen LogP contribution in [0.25, 0.3) is 0 Å². The van der Waals surface area contributed by atoms with Crippen LogP contribution in [0.3, 0.4) is 0 Å². The van der Waals surface area contributed by atoms with Crippen molar-refractivity contribution in [3.8, 4) is 0 Å². The number of anilines is 1. The first-order chi connectivity index (χ1) is 16.7. The standard InChI is InChI=1S/C25H37N7O3/c1-25(2,3)22(24(35)31-17-20(33)14-21(31)23(34)26-4)32-16-18(27-28-32)15-29-10-12-30(13-11-29)19-8-6-5-7-9-19/h5-9,16,20-22,33H,10-15,17H2,1-4H3,(H,26,34)/t20?,21?,22-/m1/s1. The Labute approximate surface area is 206 Å². The van der Waals surface area contributed by atoms with Gasteiger partial charge in [-0.3, -0.25) is 14.5 Å². The van der Waals surface area contributed by atoms with Crippen LogP contribution in [0.4, 0.5) is 5.69 Å². The number of carbonyl (C=O) groups is 2. The Bertz CT molecular complexity index is 1010. The molecule has 1 aromatic carbocycles. The number of likely N-dealkylation sites (N-methyl/N-ethyl adjacent to an activating group) is 1. The number of piperazine rings is 1. The molecule has 3 heterocycles. The molecule has 10 heteroatoms. The molecule has 2 aliphatic rings. The van der Waals surface area contributed by atoms with Crippen molar-refractivity contribution in [1.29, 1.82) is 0 Å². The zero-order valence-electron chi connectivity index (χ0n) is 21.1. The molecule has 0 saturated carbocycles. The normalized spacial score (nSPS) is 22.3. The quantitative estimate of drug-likeness (QED) is 0.629. The van der Waals surface area contributed by atoms with Crippen molar-refractivity contribution in [1.82, 2.24) is 30.1 Å². The minimum absolute atomic E-state index is 0.136. The molecule has 2 fully saturated rings. The van der Waals surface area contributed by atoms with Crippen molar-refractivity contribution in [2.45, 2.75) is 51.9 Å². The minimum Gasteiger partial charge on any atom is -0.391 e. The fourth-order valence-corrected chi connectivity index (χ4v) is 5.05. The number of aromatic nitrogens is 3. The molecular formula is C25H37N7O3. The lowest BCUT2D eigenvalue weighted by molar-refractivity contribution is -0.144. The molecule has 2 aromatic rings. The fraction of sp³-hybridized carbons (Fsp3) is 0.600. The van der Waals surface area contributed by atoms with Crippen molar-refractivity contribution in [3.63, 3.8) is 0 Å². The van der Waals surface area contributed by atoms with Crippen molar-refractivity contribution < 1.29 is 14.7 Å². The van der Waals surface area contributed by atoms with E-state index in [-0.39, 0.29) is 24.8 Å². The lowest BCUT2D eigenvalue weighted by Gasteiger charge is -2.35. The number of para-hydroxylation sites is 1. The molecule has 2 saturated heterocycles. The zero-order valence-corrected chi connectivity index (χ0v) is 21.1. The van der Waals surface area contributed by atoms with Crippen LogP contribution in [-0.4, -0.2) is 93.6 Å². The maximum Gasteiger partial charge on any atom is 0.248 e. The third-order valence-corrected chi connectivity index (χ3v) is 6.87. The molecular weight excluding hydrogens is 446 g/mol. The second-order valence-electron chi connectivity index (χ2n) is 10.6. The molecule has 1 aromatic heterocycles. The van der Waals surface area contributed by atoms with Crippen molar-refractivity contribution in [2.24, 2.45) is 5.41 Å². The van der Waals surface area contributed by atoms with Gasteiger partial charge in [0.05, 0.1) is 18.0 Å². The first kappa shape index (κ1) is 25.1. The molecule has 0 bridgehead atoms. The fourth-order valence-electron chi connectivity index (χ4n) is 5.05. The number of rotatable bonds is 6. The summed E-state index contributed by atoms with van der Waals surface area (Å²) in [6.07, 6.45) is 1.36. The molecule has 2 amide bonds. The molecule has 0 spiro atoms. The summed E-state index contributed by atoms with van der Waals surface area (Å²) in [6, 6.07) is 9.10. The topological polar surface area (TPSA) is 107 Å². The maximum absolute atomic E-state index is 13.7. The van der Waals surface area contributed by atoms with Gasteiger partial charge in [0.2, 0.25) is 11.8 Å². The van der Waals surface area contributed by atoms with Crippen LogP contribution in [0.15, 0.2) is 36.5 Å².